The van der Waals surface area contributed by atoms with E-state index in [0.29, 0.717) is 6.42 Å². The summed E-state index contributed by atoms with van der Waals surface area (Å²) in [6.45, 7) is 0. The van der Waals surface area contributed by atoms with Gasteiger partial charge in [0.2, 0.25) is 0 Å². The molecule has 0 rings (SSSR count). The average molecular weight is 219 g/mol. The topological polar surface area (TPSA) is 20.3 Å². The zero-order chi connectivity index (χ0) is 6.57. The number of carbonyl (C=O) groups is 1. The molecule has 0 atom stereocenters. The van der Waals surface area contributed by atoms with E-state index in [-0.39, 0.29) is 5.91 Å². The minimum absolute atomic E-state index is 0.238. The van der Waals surface area contributed by atoms with Crippen molar-refractivity contribution in [3.05, 3.63) is 0 Å². The van der Waals surface area contributed by atoms with Crippen LogP contribution in [0.15, 0.2) is 0 Å². The van der Waals surface area contributed by atoms with E-state index in [4.69, 9.17) is 0 Å². The van der Waals surface area contributed by atoms with E-state index in [2.05, 4.69) is 0 Å². The van der Waals surface area contributed by atoms with Crippen LogP contribution in [0.2, 0.25) is 4.44 Å². The summed E-state index contributed by atoms with van der Waals surface area (Å²) in [5.41, 5.74) is 0. The third-order valence-electron chi connectivity index (χ3n) is 0.838. The molecule has 0 heterocycles. The molecule has 0 unspecified atom stereocenters. The van der Waals surface area contributed by atoms with Gasteiger partial charge < -0.3 is 0 Å². The number of carbonyl (C=O) groups excluding carboxylic acids is 1. The molecule has 0 spiro atoms. The van der Waals surface area contributed by atoms with Crippen LogP contribution in [0, 0.1) is 0 Å². The summed E-state index contributed by atoms with van der Waals surface area (Å²) in [4.78, 5) is 12.3. The van der Waals surface area contributed by atoms with Crippen LogP contribution in [-0.2, 0) is 4.79 Å². The number of amides is 1. The van der Waals surface area contributed by atoms with E-state index in [1.807, 2.05) is 0 Å². The first kappa shape index (κ1) is 8.27. The molecule has 2 nitrogen and oxygen atoms in total. The second-order valence-corrected chi connectivity index (χ2v) is 3.22. The van der Waals surface area contributed by atoms with Crippen LogP contribution in [0.1, 0.15) is 6.42 Å². The Hall–Kier alpha value is 0.269. The molecule has 0 fully saturated rings. The quantitative estimate of drug-likeness (QED) is 0.601. The van der Waals surface area contributed by atoms with Gasteiger partial charge in [-0.05, 0) is 0 Å². The van der Waals surface area contributed by atoms with Gasteiger partial charge in [0.25, 0.3) is 0 Å². The van der Waals surface area contributed by atoms with Gasteiger partial charge in [0, 0.05) is 0 Å². The fraction of sp³-hybridized carbons (Fsp3) is 0.800. The van der Waals surface area contributed by atoms with Crippen LogP contribution in [0.4, 0.5) is 0 Å². The predicted molar refractivity (Wildman–Crippen MR) is 33.9 cm³/mol. The molecule has 3 heteroatoms. The van der Waals surface area contributed by atoms with E-state index < -0.39 is 0 Å². The van der Waals surface area contributed by atoms with Gasteiger partial charge in [0.15, 0.2) is 0 Å². The van der Waals surface area contributed by atoms with Gasteiger partial charge in [-0.15, -0.1) is 0 Å². The average Bonchev–Trinajstić information content (AvgIpc) is 1.67. The summed E-state index contributed by atoms with van der Waals surface area (Å²) in [6.07, 6.45) is 0.714. The van der Waals surface area contributed by atoms with Gasteiger partial charge in [0.05, 0.1) is 0 Å². The van der Waals surface area contributed by atoms with Crippen LogP contribution in [0.5, 0.6) is 0 Å². The number of rotatable bonds is 2. The SMILES string of the molecule is CN(C)C(=O)C[CH2][Sn]. The maximum atomic E-state index is 10.7. The fourth-order valence-corrected chi connectivity index (χ4v) is 0.941. The summed E-state index contributed by atoms with van der Waals surface area (Å²) >= 11 is 1.44. The first-order valence-corrected chi connectivity index (χ1v) is 4.55. The summed E-state index contributed by atoms with van der Waals surface area (Å²) in [5, 5.41) is 0. The van der Waals surface area contributed by atoms with Gasteiger partial charge in [0.1, 0.15) is 0 Å². The van der Waals surface area contributed by atoms with Crippen molar-refractivity contribution in [2.45, 2.75) is 10.9 Å². The normalized spacial score (nSPS) is 8.88. The van der Waals surface area contributed by atoms with Gasteiger partial charge in [-0.25, -0.2) is 0 Å². The zero-order valence-electron chi connectivity index (χ0n) is 5.27. The van der Waals surface area contributed by atoms with Gasteiger partial charge >= 0.3 is 63.1 Å². The molecule has 0 N–H and O–H groups in total. The van der Waals surface area contributed by atoms with Crippen molar-refractivity contribution in [2.24, 2.45) is 0 Å². The third-order valence-corrected chi connectivity index (χ3v) is 1.55. The van der Waals surface area contributed by atoms with Crippen LogP contribution in [-0.4, -0.2) is 47.4 Å². The molecule has 1 amide bonds. The molecule has 0 saturated carbocycles. The van der Waals surface area contributed by atoms with E-state index >= 15 is 0 Å². The van der Waals surface area contributed by atoms with E-state index in [1.54, 1.807) is 19.0 Å². The molecule has 0 aliphatic carbocycles. The molecule has 8 heavy (non-hydrogen) atoms. The van der Waals surface area contributed by atoms with Crippen LogP contribution in [0.25, 0.3) is 0 Å². The summed E-state index contributed by atoms with van der Waals surface area (Å²) in [6, 6.07) is 0. The molecule has 0 bridgehead atoms. The van der Waals surface area contributed by atoms with E-state index in [0.717, 1.165) is 4.44 Å². The van der Waals surface area contributed by atoms with Crippen LogP contribution < -0.4 is 0 Å². The van der Waals surface area contributed by atoms with Crippen molar-refractivity contribution in [2.75, 3.05) is 14.1 Å². The molecule has 0 aliphatic heterocycles. The van der Waals surface area contributed by atoms with Gasteiger partial charge in [-0.3, -0.25) is 0 Å². The number of hydrogen-bond donors (Lipinski definition) is 0. The maximum absolute atomic E-state index is 10.7. The Morgan fingerprint density at radius 1 is 1.62 bits per heavy atom. The molecule has 3 radical (unpaired) electrons. The van der Waals surface area contributed by atoms with Crippen LogP contribution >= 0.6 is 0 Å². The van der Waals surface area contributed by atoms with Gasteiger partial charge in [-0.1, -0.05) is 0 Å². The number of nitrogens with zero attached hydrogens (tertiary/aromatic N) is 1. The third kappa shape index (κ3) is 3.29. The zero-order valence-corrected chi connectivity index (χ0v) is 8.12. The van der Waals surface area contributed by atoms with Crippen molar-refractivity contribution < 1.29 is 4.79 Å². The molecular formula is C5H10NOSn. The van der Waals surface area contributed by atoms with Crippen LogP contribution in [0.3, 0.4) is 0 Å². The Labute approximate surface area is 63.3 Å². The first-order chi connectivity index (χ1) is 3.68. The van der Waals surface area contributed by atoms with Crippen molar-refractivity contribution in [1.29, 1.82) is 0 Å². The fourth-order valence-electron chi connectivity index (χ4n) is 0.331. The Kier molecular flexibility index (Phi) is 4.32. The summed E-state index contributed by atoms with van der Waals surface area (Å²) in [7, 11) is 3.57. The van der Waals surface area contributed by atoms with Crippen molar-refractivity contribution >= 4 is 28.4 Å². The first-order valence-electron chi connectivity index (χ1n) is 2.53. The van der Waals surface area contributed by atoms with Crippen molar-refractivity contribution in [3.63, 3.8) is 0 Å². The van der Waals surface area contributed by atoms with E-state index in [1.165, 1.54) is 22.5 Å². The Morgan fingerprint density at radius 2 is 2.12 bits per heavy atom. The molecule has 0 aromatic rings. The Balaban J connectivity index is 3.33. The molecule has 0 aliphatic rings. The molecule has 0 saturated heterocycles. The number of hydrogen-bond acceptors (Lipinski definition) is 1. The van der Waals surface area contributed by atoms with Crippen molar-refractivity contribution in [3.8, 4) is 0 Å². The second-order valence-electron chi connectivity index (χ2n) is 1.79. The molecule has 0 aromatic carbocycles. The molecular weight excluding hydrogens is 209 g/mol. The van der Waals surface area contributed by atoms with Gasteiger partial charge in [-0.2, -0.15) is 0 Å². The monoisotopic (exact) mass is 220 g/mol. The van der Waals surface area contributed by atoms with E-state index in [9.17, 15) is 4.79 Å². The predicted octanol–water partition coefficient (Wildman–Crippen LogP) is 0.0515. The second kappa shape index (κ2) is 4.18. The molecule has 0 aromatic heterocycles. The summed E-state index contributed by atoms with van der Waals surface area (Å²) < 4.78 is 1.03. The Morgan fingerprint density at radius 3 is 2.25 bits per heavy atom. The van der Waals surface area contributed by atoms with Crippen molar-refractivity contribution in [1.82, 2.24) is 4.90 Å². The summed E-state index contributed by atoms with van der Waals surface area (Å²) in [5.74, 6) is 0.238. The minimum atomic E-state index is 0.238. The Bertz CT molecular complexity index is 82.5. The standard InChI is InChI=1S/C5H10NO.Sn/c1-4-5(7)6(2)3;/h1,4H2,2-3H3;. The molecule has 45 valence electrons.